The molecule has 0 unspecified atom stereocenters. The molecule has 0 saturated heterocycles. The lowest BCUT2D eigenvalue weighted by atomic mass is 10.1. The second-order valence-corrected chi connectivity index (χ2v) is 9.21. The number of thioether (sulfide) groups is 1. The van der Waals surface area contributed by atoms with Crippen molar-refractivity contribution < 1.29 is 9.53 Å². The molecule has 0 aliphatic heterocycles. The Labute approximate surface area is 212 Å². The first-order chi connectivity index (χ1) is 16.5. The number of aromatic nitrogens is 3. The SMILES string of the molecule is Cc1ccccc1CSc1nnc(CNC(=O)COc2ccccc2)n1-c1cc(Cl)ccc1Cl. The molecule has 0 aliphatic rings. The van der Waals surface area contributed by atoms with Crippen LogP contribution in [0.1, 0.15) is 17.0 Å². The van der Waals surface area contributed by atoms with Gasteiger partial charge in [0.05, 0.1) is 17.3 Å². The Bertz CT molecular complexity index is 1280. The minimum absolute atomic E-state index is 0.106. The minimum Gasteiger partial charge on any atom is -0.484 e. The van der Waals surface area contributed by atoms with Crippen LogP contribution in [0.2, 0.25) is 10.0 Å². The van der Waals surface area contributed by atoms with Crippen molar-refractivity contribution in [1.29, 1.82) is 0 Å². The first-order valence-electron chi connectivity index (χ1n) is 10.5. The van der Waals surface area contributed by atoms with E-state index in [1.165, 1.54) is 22.9 Å². The maximum Gasteiger partial charge on any atom is 0.258 e. The Kier molecular flexibility index (Phi) is 8.11. The number of carbonyl (C=O) groups excluding carboxylic acids is 1. The van der Waals surface area contributed by atoms with Gasteiger partial charge in [0.2, 0.25) is 0 Å². The number of rotatable bonds is 9. The maximum atomic E-state index is 12.4. The summed E-state index contributed by atoms with van der Waals surface area (Å²) in [5.41, 5.74) is 3.05. The molecular weight excluding hydrogens is 491 g/mol. The summed E-state index contributed by atoms with van der Waals surface area (Å²) >= 11 is 14.3. The fourth-order valence-corrected chi connectivity index (χ4v) is 4.62. The summed E-state index contributed by atoms with van der Waals surface area (Å²) < 4.78 is 7.34. The molecule has 0 saturated carbocycles. The van der Waals surface area contributed by atoms with Crippen molar-refractivity contribution in [3.8, 4) is 11.4 Å². The molecule has 1 amide bonds. The van der Waals surface area contributed by atoms with Gasteiger partial charge in [0.15, 0.2) is 17.6 Å². The van der Waals surface area contributed by atoms with E-state index in [0.29, 0.717) is 38.2 Å². The molecular formula is C25H22Cl2N4O2S. The smallest absolute Gasteiger partial charge is 0.258 e. The number of nitrogens with zero attached hydrogens (tertiary/aromatic N) is 3. The third-order valence-electron chi connectivity index (χ3n) is 5.02. The van der Waals surface area contributed by atoms with Crippen molar-refractivity contribution >= 4 is 40.9 Å². The molecule has 4 aromatic rings. The van der Waals surface area contributed by atoms with Gasteiger partial charge in [0.25, 0.3) is 5.91 Å². The highest BCUT2D eigenvalue weighted by Crippen LogP contribution is 2.31. The molecule has 0 spiro atoms. The van der Waals surface area contributed by atoms with Crippen molar-refractivity contribution in [2.24, 2.45) is 0 Å². The highest BCUT2D eigenvalue weighted by molar-refractivity contribution is 7.98. The molecule has 9 heteroatoms. The summed E-state index contributed by atoms with van der Waals surface area (Å²) in [5.74, 6) is 1.59. The van der Waals surface area contributed by atoms with Crippen molar-refractivity contribution in [2.45, 2.75) is 24.4 Å². The predicted molar refractivity (Wildman–Crippen MR) is 136 cm³/mol. The summed E-state index contributed by atoms with van der Waals surface area (Å²) in [6.07, 6.45) is 0. The Balaban J connectivity index is 1.52. The van der Waals surface area contributed by atoms with E-state index in [-0.39, 0.29) is 19.1 Å². The second kappa shape index (κ2) is 11.4. The standard InChI is InChI=1S/C25H22Cl2N4O2S/c1-17-7-5-6-8-18(17)16-34-25-30-29-23(31(25)22-13-19(26)11-12-21(22)27)14-28-24(32)15-33-20-9-3-2-4-10-20/h2-13H,14-16H2,1H3,(H,28,32). The van der Waals surface area contributed by atoms with E-state index in [9.17, 15) is 4.79 Å². The Morgan fingerprint density at radius 2 is 1.79 bits per heavy atom. The van der Waals surface area contributed by atoms with Crippen LogP contribution in [0.3, 0.4) is 0 Å². The van der Waals surface area contributed by atoms with E-state index < -0.39 is 0 Å². The van der Waals surface area contributed by atoms with Gasteiger partial charge in [-0.1, -0.05) is 77.4 Å². The highest BCUT2D eigenvalue weighted by Gasteiger charge is 2.18. The molecule has 1 aromatic heterocycles. The Hall–Kier alpha value is -3.00. The number of hydrogen-bond acceptors (Lipinski definition) is 5. The van der Waals surface area contributed by atoms with Gasteiger partial charge in [0.1, 0.15) is 5.75 Å². The van der Waals surface area contributed by atoms with Crippen LogP contribution in [0, 0.1) is 6.92 Å². The second-order valence-electron chi connectivity index (χ2n) is 7.42. The van der Waals surface area contributed by atoms with Crippen LogP contribution in [-0.4, -0.2) is 27.3 Å². The van der Waals surface area contributed by atoms with E-state index in [1.54, 1.807) is 30.3 Å². The fourth-order valence-electron chi connectivity index (χ4n) is 3.22. The zero-order valence-corrected chi connectivity index (χ0v) is 20.7. The monoisotopic (exact) mass is 512 g/mol. The molecule has 34 heavy (non-hydrogen) atoms. The summed E-state index contributed by atoms with van der Waals surface area (Å²) in [7, 11) is 0. The highest BCUT2D eigenvalue weighted by atomic mass is 35.5. The number of halogens is 2. The maximum absolute atomic E-state index is 12.4. The molecule has 174 valence electrons. The van der Waals surface area contributed by atoms with E-state index in [1.807, 2.05) is 34.9 Å². The number of nitrogens with one attached hydrogen (secondary N) is 1. The predicted octanol–water partition coefficient (Wildman–Crippen LogP) is 5.87. The first kappa shape index (κ1) is 24.1. The molecule has 6 nitrogen and oxygen atoms in total. The molecule has 1 heterocycles. The van der Waals surface area contributed by atoms with Crippen molar-refractivity contribution in [3.05, 3.63) is 99.8 Å². The van der Waals surface area contributed by atoms with Crippen molar-refractivity contribution in [3.63, 3.8) is 0 Å². The summed E-state index contributed by atoms with van der Waals surface area (Å²) in [5, 5.41) is 13.2. The topological polar surface area (TPSA) is 69.0 Å². The summed E-state index contributed by atoms with van der Waals surface area (Å²) in [6, 6.07) is 22.6. The lowest BCUT2D eigenvalue weighted by Gasteiger charge is -2.13. The third-order valence-corrected chi connectivity index (χ3v) is 6.56. The Morgan fingerprint density at radius 1 is 1.03 bits per heavy atom. The van der Waals surface area contributed by atoms with Crippen LogP contribution in [0.25, 0.3) is 5.69 Å². The van der Waals surface area contributed by atoms with Crippen molar-refractivity contribution in [1.82, 2.24) is 20.1 Å². The number of ether oxygens (including phenoxy) is 1. The van der Waals surface area contributed by atoms with Crippen LogP contribution in [0.4, 0.5) is 0 Å². The summed E-state index contributed by atoms with van der Waals surface area (Å²) in [6.45, 7) is 2.12. The fraction of sp³-hybridized carbons (Fsp3) is 0.160. The van der Waals surface area contributed by atoms with E-state index in [4.69, 9.17) is 27.9 Å². The molecule has 3 aromatic carbocycles. The van der Waals surface area contributed by atoms with Gasteiger partial charge in [-0.05, 0) is 48.4 Å². The van der Waals surface area contributed by atoms with Gasteiger partial charge in [0, 0.05) is 10.8 Å². The van der Waals surface area contributed by atoms with E-state index in [2.05, 4.69) is 34.6 Å². The lowest BCUT2D eigenvalue weighted by molar-refractivity contribution is -0.123. The number of benzene rings is 3. The average Bonchev–Trinajstić information content (AvgIpc) is 3.25. The normalized spacial score (nSPS) is 10.8. The van der Waals surface area contributed by atoms with E-state index >= 15 is 0 Å². The minimum atomic E-state index is -0.273. The van der Waals surface area contributed by atoms with Crippen LogP contribution in [0.15, 0.2) is 78.0 Å². The van der Waals surface area contributed by atoms with Crippen LogP contribution >= 0.6 is 35.0 Å². The van der Waals surface area contributed by atoms with Crippen LogP contribution in [0.5, 0.6) is 5.75 Å². The molecule has 0 radical (unpaired) electrons. The number of para-hydroxylation sites is 1. The van der Waals surface area contributed by atoms with Gasteiger partial charge < -0.3 is 10.1 Å². The van der Waals surface area contributed by atoms with Crippen LogP contribution in [-0.2, 0) is 17.1 Å². The zero-order valence-electron chi connectivity index (χ0n) is 18.4. The lowest BCUT2D eigenvalue weighted by Crippen LogP contribution is -2.29. The molecule has 0 atom stereocenters. The number of carbonyl (C=O) groups is 1. The molecule has 0 aliphatic carbocycles. The number of amides is 1. The van der Waals surface area contributed by atoms with Gasteiger partial charge in [-0.3, -0.25) is 9.36 Å². The quantitative estimate of drug-likeness (QED) is 0.284. The number of hydrogen-bond donors (Lipinski definition) is 1. The van der Waals surface area contributed by atoms with Gasteiger partial charge in [-0.15, -0.1) is 10.2 Å². The zero-order chi connectivity index (χ0) is 23.9. The third kappa shape index (κ3) is 6.11. The van der Waals surface area contributed by atoms with Gasteiger partial charge in [-0.2, -0.15) is 0 Å². The molecule has 0 fully saturated rings. The average molecular weight is 513 g/mol. The van der Waals surface area contributed by atoms with Crippen molar-refractivity contribution in [2.75, 3.05) is 6.61 Å². The largest absolute Gasteiger partial charge is 0.484 e. The molecule has 0 bridgehead atoms. The molecule has 1 N–H and O–H groups in total. The summed E-state index contributed by atoms with van der Waals surface area (Å²) in [4.78, 5) is 12.4. The number of aryl methyl sites for hydroxylation is 1. The van der Waals surface area contributed by atoms with E-state index in [0.717, 1.165) is 0 Å². The van der Waals surface area contributed by atoms with Gasteiger partial charge in [-0.25, -0.2) is 0 Å². The Morgan fingerprint density at radius 3 is 2.59 bits per heavy atom. The van der Waals surface area contributed by atoms with Gasteiger partial charge >= 0.3 is 0 Å². The molecule has 4 rings (SSSR count). The van der Waals surface area contributed by atoms with Crippen LogP contribution < -0.4 is 10.1 Å². The first-order valence-corrected chi connectivity index (χ1v) is 12.3.